The summed E-state index contributed by atoms with van der Waals surface area (Å²) in [5.41, 5.74) is 2.66. The number of nitrogens with zero attached hydrogens (tertiary/aromatic N) is 1. The third kappa shape index (κ3) is 6.34. The van der Waals surface area contributed by atoms with Crippen LogP contribution < -0.4 is 16.0 Å². The first-order valence-corrected chi connectivity index (χ1v) is 10.3. The zero-order valence-corrected chi connectivity index (χ0v) is 17.2. The van der Waals surface area contributed by atoms with Crippen LogP contribution in [0.5, 0.6) is 0 Å². The summed E-state index contributed by atoms with van der Waals surface area (Å²) < 4.78 is 0. The summed E-state index contributed by atoms with van der Waals surface area (Å²) in [6.45, 7) is 3.12. The van der Waals surface area contributed by atoms with Crippen LogP contribution in [0.2, 0.25) is 0 Å². The van der Waals surface area contributed by atoms with Gasteiger partial charge in [-0.25, -0.2) is 0 Å². The highest BCUT2D eigenvalue weighted by Gasteiger charge is 2.17. The zero-order valence-electron chi connectivity index (χ0n) is 17.2. The minimum atomic E-state index is -0.208. The second kappa shape index (κ2) is 10.4. The summed E-state index contributed by atoms with van der Waals surface area (Å²) >= 11 is 0. The van der Waals surface area contributed by atoms with E-state index in [9.17, 15) is 14.4 Å². The predicted molar refractivity (Wildman–Crippen MR) is 119 cm³/mol. The molecule has 1 fully saturated rings. The van der Waals surface area contributed by atoms with Crippen LogP contribution in [0.25, 0.3) is 0 Å². The van der Waals surface area contributed by atoms with E-state index in [0.29, 0.717) is 16.9 Å². The summed E-state index contributed by atoms with van der Waals surface area (Å²) in [6, 6.07) is 14.2. The molecular formula is C23H28N4O3. The SMILES string of the molecule is CC(=O)Nc1ccc(NCC(=O)Nc2cccc(C(=O)N3CCCCCC3)c2)cc1. The zero-order chi connectivity index (χ0) is 21.3. The number of likely N-dealkylation sites (tertiary alicyclic amines) is 1. The van der Waals surface area contributed by atoms with Crippen molar-refractivity contribution in [2.24, 2.45) is 0 Å². The molecule has 1 saturated heterocycles. The van der Waals surface area contributed by atoms with Crippen molar-refractivity contribution < 1.29 is 14.4 Å². The minimum Gasteiger partial charge on any atom is -0.376 e. The van der Waals surface area contributed by atoms with E-state index in [2.05, 4.69) is 16.0 Å². The summed E-state index contributed by atoms with van der Waals surface area (Å²) in [4.78, 5) is 38.0. The quantitative estimate of drug-likeness (QED) is 0.680. The summed E-state index contributed by atoms with van der Waals surface area (Å²) in [5, 5.41) is 8.57. The molecule has 0 aromatic heterocycles. The molecule has 0 spiro atoms. The van der Waals surface area contributed by atoms with Gasteiger partial charge in [-0.3, -0.25) is 14.4 Å². The lowest BCUT2D eigenvalue weighted by Crippen LogP contribution is -2.31. The first kappa shape index (κ1) is 21.4. The van der Waals surface area contributed by atoms with Crippen molar-refractivity contribution in [3.8, 4) is 0 Å². The maximum atomic E-state index is 12.8. The van der Waals surface area contributed by atoms with Gasteiger partial charge in [0.15, 0.2) is 0 Å². The van der Waals surface area contributed by atoms with Crippen LogP contribution in [0.1, 0.15) is 43.0 Å². The maximum absolute atomic E-state index is 12.8. The number of anilines is 3. The molecule has 0 atom stereocenters. The molecule has 1 aliphatic rings. The predicted octanol–water partition coefficient (Wildman–Crippen LogP) is 3.71. The van der Waals surface area contributed by atoms with E-state index in [-0.39, 0.29) is 24.3 Å². The largest absolute Gasteiger partial charge is 0.376 e. The van der Waals surface area contributed by atoms with Crippen LogP contribution in [0.15, 0.2) is 48.5 Å². The summed E-state index contributed by atoms with van der Waals surface area (Å²) in [5.74, 6) is -0.322. The Morgan fingerprint density at radius 2 is 1.50 bits per heavy atom. The van der Waals surface area contributed by atoms with Gasteiger partial charge in [-0.1, -0.05) is 18.9 Å². The summed E-state index contributed by atoms with van der Waals surface area (Å²) in [7, 11) is 0. The van der Waals surface area contributed by atoms with Gasteiger partial charge in [0.1, 0.15) is 0 Å². The molecule has 0 unspecified atom stereocenters. The molecule has 0 saturated carbocycles. The van der Waals surface area contributed by atoms with E-state index in [4.69, 9.17) is 0 Å². The van der Waals surface area contributed by atoms with E-state index in [1.807, 2.05) is 4.90 Å². The van der Waals surface area contributed by atoms with Crippen molar-refractivity contribution in [1.82, 2.24) is 4.90 Å². The fourth-order valence-corrected chi connectivity index (χ4v) is 3.45. The lowest BCUT2D eigenvalue weighted by atomic mass is 10.1. The van der Waals surface area contributed by atoms with Crippen LogP contribution >= 0.6 is 0 Å². The molecule has 1 aliphatic heterocycles. The first-order chi connectivity index (χ1) is 14.5. The minimum absolute atomic E-state index is 0.0189. The van der Waals surface area contributed by atoms with Gasteiger partial charge in [0, 0.05) is 42.6 Å². The van der Waals surface area contributed by atoms with E-state index in [0.717, 1.165) is 31.6 Å². The molecule has 0 aliphatic carbocycles. The van der Waals surface area contributed by atoms with Crippen LogP contribution in [-0.2, 0) is 9.59 Å². The maximum Gasteiger partial charge on any atom is 0.253 e. The molecule has 30 heavy (non-hydrogen) atoms. The number of hydrogen-bond donors (Lipinski definition) is 3. The van der Waals surface area contributed by atoms with Crippen LogP contribution in [0.4, 0.5) is 17.1 Å². The molecule has 158 valence electrons. The van der Waals surface area contributed by atoms with Crippen LogP contribution in [0.3, 0.4) is 0 Å². The fraction of sp³-hybridized carbons (Fsp3) is 0.348. The van der Waals surface area contributed by atoms with Crippen molar-refractivity contribution in [3.63, 3.8) is 0 Å². The Bertz CT molecular complexity index is 888. The summed E-state index contributed by atoms with van der Waals surface area (Å²) in [6.07, 6.45) is 4.42. The van der Waals surface area contributed by atoms with Crippen molar-refractivity contribution >= 4 is 34.8 Å². The second-order valence-corrected chi connectivity index (χ2v) is 7.45. The van der Waals surface area contributed by atoms with E-state index < -0.39 is 0 Å². The van der Waals surface area contributed by atoms with Crippen molar-refractivity contribution in [3.05, 3.63) is 54.1 Å². The molecule has 7 nitrogen and oxygen atoms in total. The smallest absolute Gasteiger partial charge is 0.253 e. The van der Waals surface area contributed by atoms with Crippen LogP contribution in [0, 0.1) is 0 Å². The Kier molecular flexibility index (Phi) is 7.43. The number of rotatable bonds is 6. The molecule has 0 radical (unpaired) electrons. The molecule has 1 heterocycles. The normalized spacial score (nSPS) is 13.8. The van der Waals surface area contributed by atoms with Gasteiger partial charge in [-0.2, -0.15) is 0 Å². The number of carbonyl (C=O) groups is 3. The van der Waals surface area contributed by atoms with Crippen molar-refractivity contribution in [2.45, 2.75) is 32.6 Å². The molecule has 3 N–H and O–H groups in total. The van der Waals surface area contributed by atoms with Crippen molar-refractivity contribution in [1.29, 1.82) is 0 Å². The molecular weight excluding hydrogens is 380 g/mol. The van der Waals surface area contributed by atoms with E-state index in [1.54, 1.807) is 48.5 Å². The standard InChI is InChI=1S/C23H28N4O3/c1-17(28)25-20-11-9-19(10-12-20)24-16-22(29)26-21-8-6-7-18(15-21)23(30)27-13-4-2-3-5-14-27/h6-12,15,24H,2-5,13-14,16H2,1H3,(H,25,28)(H,26,29). The molecule has 0 bridgehead atoms. The lowest BCUT2D eigenvalue weighted by molar-refractivity contribution is -0.115. The number of carbonyl (C=O) groups excluding carboxylic acids is 3. The molecule has 2 aromatic rings. The fourth-order valence-electron chi connectivity index (χ4n) is 3.45. The highest BCUT2D eigenvalue weighted by atomic mass is 16.2. The van der Waals surface area contributed by atoms with Gasteiger partial charge in [0.25, 0.3) is 5.91 Å². The molecule has 3 rings (SSSR count). The van der Waals surface area contributed by atoms with Gasteiger partial charge >= 0.3 is 0 Å². The number of hydrogen-bond acceptors (Lipinski definition) is 4. The molecule has 7 heteroatoms. The molecule has 3 amide bonds. The average Bonchev–Trinajstić information content (AvgIpc) is 3.02. The highest BCUT2D eigenvalue weighted by molar-refractivity contribution is 5.98. The Morgan fingerprint density at radius 1 is 0.833 bits per heavy atom. The van der Waals surface area contributed by atoms with Gasteiger partial charge in [0.05, 0.1) is 6.54 Å². The number of nitrogens with one attached hydrogen (secondary N) is 3. The second-order valence-electron chi connectivity index (χ2n) is 7.45. The topological polar surface area (TPSA) is 90.5 Å². The van der Waals surface area contributed by atoms with E-state index in [1.165, 1.54) is 19.8 Å². The first-order valence-electron chi connectivity index (χ1n) is 10.3. The highest BCUT2D eigenvalue weighted by Crippen LogP contribution is 2.17. The monoisotopic (exact) mass is 408 g/mol. The Hall–Kier alpha value is -3.35. The molecule has 2 aromatic carbocycles. The van der Waals surface area contributed by atoms with Gasteiger partial charge in [-0.05, 0) is 55.3 Å². The number of amides is 3. The Balaban J connectivity index is 1.53. The average molecular weight is 409 g/mol. The van der Waals surface area contributed by atoms with Gasteiger partial charge < -0.3 is 20.9 Å². The third-order valence-corrected chi connectivity index (χ3v) is 4.94. The van der Waals surface area contributed by atoms with Crippen molar-refractivity contribution in [2.75, 3.05) is 35.6 Å². The Labute approximate surface area is 176 Å². The van der Waals surface area contributed by atoms with Crippen LogP contribution in [-0.4, -0.2) is 42.3 Å². The number of benzene rings is 2. The van der Waals surface area contributed by atoms with Gasteiger partial charge in [-0.15, -0.1) is 0 Å². The lowest BCUT2D eigenvalue weighted by Gasteiger charge is -2.20. The van der Waals surface area contributed by atoms with Gasteiger partial charge in [0.2, 0.25) is 11.8 Å². The third-order valence-electron chi connectivity index (χ3n) is 4.94. The van der Waals surface area contributed by atoms with E-state index >= 15 is 0 Å². The Morgan fingerprint density at radius 3 is 2.17 bits per heavy atom.